The summed E-state index contributed by atoms with van der Waals surface area (Å²) in [7, 11) is 0. The van der Waals surface area contributed by atoms with Crippen LogP contribution in [0, 0.1) is 17.8 Å². The van der Waals surface area contributed by atoms with E-state index in [1.54, 1.807) is 0 Å². The first kappa shape index (κ1) is 10.2. The van der Waals surface area contributed by atoms with Crippen molar-refractivity contribution in [3.8, 4) is 5.75 Å². The zero-order valence-electron chi connectivity index (χ0n) is 10.2. The Balaban J connectivity index is 1.74. The highest BCUT2D eigenvalue weighted by Crippen LogP contribution is 2.47. The second-order valence-electron chi connectivity index (χ2n) is 5.61. The lowest BCUT2D eigenvalue weighted by Crippen LogP contribution is -1.98. The van der Waals surface area contributed by atoms with Crippen molar-refractivity contribution in [3.63, 3.8) is 0 Å². The molecule has 1 saturated carbocycles. The van der Waals surface area contributed by atoms with Crippen LogP contribution in [0.3, 0.4) is 0 Å². The van der Waals surface area contributed by atoms with E-state index >= 15 is 0 Å². The molecule has 0 N–H and O–H groups in total. The van der Waals surface area contributed by atoms with Gasteiger partial charge in [-0.05, 0) is 41.7 Å². The van der Waals surface area contributed by atoms with Crippen LogP contribution in [-0.4, -0.2) is 6.61 Å². The summed E-state index contributed by atoms with van der Waals surface area (Å²) >= 11 is 0. The summed E-state index contributed by atoms with van der Waals surface area (Å²) < 4.78 is 5.75. The van der Waals surface area contributed by atoms with E-state index in [1.165, 1.54) is 29.7 Å². The highest BCUT2D eigenvalue weighted by Gasteiger charge is 2.39. The largest absolute Gasteiger partial charge is 0.493 e. The number of hydrogen-bond donors (Lipinski definition) is 0. The van der Waals surface area contributed by atoms with Gasteiger partial charge in [-0.2, -0.15) is 0 Å². The van der Waals surface area contributed by atoms with Gasteiger partial charge in [0.25, 0.3) is 0 Å². The van der Waals surface area contributed by atoms with Gasteiger partial charge in [0.05, 0.1) is 6.61 Å². The quantitative estimate of drug-likeness (QED) is 0.752. The fourth-order valence-electron chi connectivity index (χ4n) is 3.05. The molecule has 3 rings (SSSR count). The lowest BCUT2D eigenvalue weighted by Gasteiger charge is -2.08. The van der Waals surface area contributed by atoms with E-state index in [1.807, 2.05) is 0 Å². The van der Waals surface area contributed by atoms with E-state index < -0.39 is 0 Å². The van der Waals surface area contributed by atoms with Gasteiger partial charge < -0.3 is 4.74 Å². The standard InChI is InChI=1S/C15H20O/c1-10(2)14-9-13(14)8-12-5-3-4-11-6-7-16-15(11)12/h3-5,10,13-14H,6-9H2,1-2H3. The highest BCUT2D eigenvalue weighted by molar-refractivity contribution is 5.44. The molecule has 0 amide bonds. The van der Waals surface area contributed by atoms with Gasteiger partial charge in [-0.1, -0.05) is 32.0 Å². The minimum atomic E-state index is 0.850. The van der Waals surface area contributed by atoms with Crippen LogP contribution in [0.1, 0.15) is 31.4 Å². The molecule has 0 aromatic heterocycles. The van der Waals surface area contributed by atoms with Crippen LogP contribution in [0.4, 0.5) is 0 Å². The fraction of sp³-hybridized carbons (Fsp3) is 0.600. The van der Waals surface area contributed by atoms with Crippen molar-refractivity contribution in [2.75, 3.05) is 6.61 Å². The highest BCUT2D eigenvalue weighted by atomic mass is 16.5. The van der Waals surface area contributed by atoms with Crippen molar-refractivity contribution >= 4 is 0 Å². The predicted octanol–water partition coefficient (Wildman–Crippen LogP) is 3.46. The van der Waals surface area contributed by atoms with Crippen molar-refractivity contribution in [2.45, 2.75) is 33.1 Å². The third-order valence-electron chi connectivity index (χ3n) is 4.11. The molecule has 2 atom stereocenters. The van der Waals surface area contributed by atoms with E-state index in [-0.39, 0.29) is 0 Å². The van der Waals surface area contributed by atoms with Crippen LogP contribution in [0.5, 0.6) is 5.75 Å². The first-order chi connectivity index (χ1) is 7.75. The number of benzene rings is 1. The molecular formula is C15H20O. The molecule has 0 saturated heterocycles. The average molecular weight is 216 g/mol. The predicted molar refractivity (Wildman–Crippen MR) is 65.8 cm³/mol. The molecule has 1 aliphatic carbocycles. The van der Waals surface area contributed by atoms with E-state index in [0.29, 0.717) is 0 Å². The summed E-state index contributed by atoms with van der Waals surface area (Å²) in [5.41, 5.74) is 2.86. The molecule has 1 heteroatoms. The van der Waals surface area contributed by atoms with Crippen LogP contribution >= 0.6 is 0 Å². The Morgan fingerprint density at radius 1 is 1.38 bits per heavy atom. The Hall–Kier alpha value is -0.980. The molecule has 1 heterocycles. The maximum Gasteiger partial charge on any atom is 0.125 e. The molecule has 1 aromatic rings. The van der Waals surface area contributed by atoms with Gasteiger partial charge in [-0.25, -0.2) is 0 Å². The number of hydrogen-bond acceptors (Lipinski definition) is 1. The summed E-state index contributed by atoms with van der Waals surface area (Å²) in [5, 5.41) is 0. The summed E-state index contributed by atoms with van der Waals surface area (Å²) in [4.78, 5) is 0. The fourth-order valence-corrected chi connectivity index (χ4v) is 3.05. The smallest absolute Gasteiger partial charge is 0.125 e. The molecule has 0 radical (unpaired) electrons. The van der Waals surface area contributed by atoms with Crippen LogP contribution in [0.15, 0.2) is 18.2 Å². The number of ether oxygens (including phenoxy) is 1. The van der Waals surface area contributed by atoms with E-state index in [0.717, 1.165) is 30.8 Å². The molecule has 2 unspecified atom stereocenters. The Kier molecular flexibility index (Phi) is 2.42. The summed E-state index contributed by atoms with van der Waals surface area (Å²) in [5.74, 6) is 3.92. The lowest BCUT2D eigenvalue weighted by atomic mass is 10.00. The Morgan fingerprint density at radius 3 is 3.00 bits per heavy atom. The maximum atomic E-state index is 5.75. The van der Waals surface area contributed by atoms with Crippen molar-refractivity contribution < 1.29 is 4.74 Å². The summed E-state index contributed by atoms with van der Waals surface area (Å²) in [6.45, 7) is 5.57. The SMILES string of the molecule is CC(C)C1CC1Cc1cccc2c1OCC2. The summed E-state index contributed by atoms with van der Waals surface area (Å²) in [6.07, 6.45) is 3.74. The lowest BCUT2D eigenvalue weighted by molar-refractivity contribution is 0.352. The molecule has 86 valence electrons. The van der Waals surface area contributed by atoms with Crippen molar-refractivity contribution in [3.05, 3.63) is 29.3 Å². The molecule has 0 bridgehead atoms. The van der Waals surface area contributed by atoms with Crippen LogP contribution in [0.2, 0.25) is 0 Å². The van der Waals surface area contributed by atoms with Gasteiger partial charge in [-0.15, -0.1) is 0 Å². The number of para-hydroxylation sites is 1. The molecule has 0 spiro atoms. The monoisotopic (exact) mass is 216 g/mol. The van der Waals surface area contributed by atoms with Crippen molar-refractivity contribution in [1.82, 2.24) is 0 Å². The zero-order chi connectivity index (χ0) is 11.1. The Bertz CT molecular complexity index is 394. The van der Waals surface area contributed by atoms with Gasteiger partial charge >= 0.3 is 0 Å². The van der Waals surface area contributed by atoms with Crippen LogP contribution in [-0.2, 0) is 12.8 Å². The van der Waals surface area contributed by atoms with Gasteiger partial charge in [0.1, 0.15) is 5.75 Å². The molecule has 16 heavy (non-hydrogen) atoms. The van der Waals surface area contributed by atoms with Gasteiger partial charge in [0, 0.05) is 6.42 Å². The van der Waals surface area contributed by atoms with Gasteiger partial charge in [0.15, 0.2) is 0 Å². The molecule has 1 nitrogen and oxygen atoms in total. The van der Waals surface area contributed by atoms with Crippen molar-refractivity contribution in [2.24, 2.45) is 17.8 Å². The minimum absolute atomic E-state index is 0.850. The summed E-state index contributed by atoms with van der Waals surface area (Å²) in [6, 6.07) is 6.65. The molecule has 2 aliphatic rings. The Labute approximate surface area is 97.8 Å². The van der Waals surface area contributed by atoms with E-state index in [9.17, 15) is 0 Å². The number of rotatable bonds is 3. The van der Waals surface area contributed by atoms with Crippen LogP contribution in [0.25, 0.3) is 0 Å². The third-order valence-corrected chi connectivity index (χ3v) is 4.11. The first-order valence-electron chi connectivity index (χ1n) is 6.49. The molecule has 1 fully saturated rings. The topological polar surface area (TPSA) is 9.23 Å². The zero-order valence-corrected chi connectivity index (χ0v) is 10.2. The maximum absolute atomic E-state index is 5.75. The first-order valence-corrected chi connectivity index (χ1v) is 6.49. The van der Waals surface area contributed by atoms with E-state index in [2.05, 4.69) is 32.0 Å². The van der Waals surface area contributed by atoms with Gasteiger partial charge in [0.2, 0.25) is 0 Å². The Morgan fingerprint density at radius 2 is 2.25 bits per heavy atom. The second-order valence-corrected chi connectivity index (χ2v) is 5.61. The minimum Gasteiger partial charge on any atom is -0.493 e. The normalized spacial score (nSPS) is 26.7. The van der Waals surface area contributed by atoms with E-state index in [4.69, 9.17) is 4.74 Å². The molecular weight excluding hydrogens is 196 g/mol. The molecule has 1 aromatic carbocycles. The van der Waals surface area contributed by atoms with Crippen LogP contribution < -0.4 is 4.74 Å². The molecule has 1 aliphatic heterocycles. The van der Waals surface area contributed by atoms with Crippen molar-refractivity contribution in [1.29, 1.82) is 0 Å². The third kappa shape index (κ3) is 1.73. The average Bonchev–Trinajstić information content (AvgIpc) is 2.86. The number of fused-ring (bicyclic) bond motifs is 1. The van der Waals surface area contributed by atoms with Gasteiger partial charge in [-0.3, -0.25) is 0 Å². The second kappa shape index (κ2) is 3.80.